The molecule has 28 heavy (non-hydrogen) atoms. The van der Waals surface area contributed by atoms with Gasteiger partial charge in [-0.05, 0) is 24.3 Å². The van der Waals surface area contributed by atoms with Crippen LogP contribution in [0.5, 0.6) is 5.75 Å². The van der Waals surface area contributed by atoms with Gasteiger partial charge >= 0.3 is 0 Å². The number of hydrogen-bond acceptors (Lipinski definition) is 5. The van der Waals surface area contributed by atoms with Crippen LogP contribution >= 0.6 is 34.8 Å². The van der Waals surface area contributed by atoms with E-state index in [1.807, 2.05) is 4.90 Å². The van der Waals surface area contributed by atoms with Crippen LogP contribution in [0.3, 0.4) is 0 Å². The summed E-state index contributed by atoms with van der Waals surface area (Å²) in [5, 5.41) is 12.2. The first-order chi connectivity index (χ1) is 13.3. The normalized spacial score (nSPS) is 14.1. The minimum atomic E-state index is -0.461. The van der Waals surface area contributed by atoms with Gasteiger partial charge in [-0.2, -0.15) is 0 Å². The van der Waals surface area contributed by atoms with Crippen molar-refractivity contribution in [3.05, 3.63) is 61.1 Å². The van der Waals surface area contributed by atoms with Gasteiger partial charge in [-0.25, -0.2) is 0 Å². The van der Waals surface area contributed by atoms with Gasteiger partial charge in [-0.15, -0.1) is 0 Å². The fourth-order valence-electron chi connectivity index (χ4n) is 3.16. The molecule has 0 aromatic heterocycles. The molecule has 0 unspecified atom stereocenters. The zero-order valence-electron chi connectivity index (χ0n) is 14.8. The largest absolute Gasteiger partial charge is 0.494 e. The molecule has 0 radical (unpaired) electrons. The van der Waals surface area contributed by atoms with Crippen LogP contribution in [0.1, 0.15) is 10.4 Å². The lowest BCUT2D eigenvalue weighted by Crippen LogP contribution is -2.49. The molecule has 0 bridgehead atoms. The van der Waals surface area contributed by atoms with Crippen molar-refractivity contribution in [3.63, 3.8) is 0 Å². The van der Waals surface area contributed by atoms with Crippen LogP contribution in [0.4, 0.5) is 11.4 Å². The Kier molecular flexibility index (Phi) is 6.17. The average Bonchev–Trinajstić information content (AvgIpc) is 2.67. The lowest BCUT2D eigenvalue weighted by Gasteiger charge is -2.36. The molecule has 1 saturated heterocycles. The highest BCUT2D eigenvalue weighted by Crippen LogP contribution is 2.34. The third kappa shape index (κ3) is 4.11. The van der Waals surface area contributed by atoms with Crippen molar-refractivity contribution < 1.29 is 14.5 Å². The third-order valence-corrected chi connectivity index (χ3v) is 5.22. The maximum atomic E-state index is 12.9. The number of nitrogens with zero attached hydrogens (tertiary/aromatic N) is 3. The predicted molar refractivity (Wildman–Crippen MR) is 109 cm³/mol. The minimum absolute atomic E-state index is 0.0597. The number of carbonyl (C=O) groups excluding carboxylic acids is 1. The number of hydrogen-bond donors (Lipinski definition) is 0. The first kappa shape index (κ1) is 20.5. The molecule has 0 N–H and O–H groups in total. The van der Waals surface area contributed by atoms with E-state index in [0.717, 1.165) is 0 Å². The summed E-state index contributed by atoms with van der Waals surface area (Å²) in [6, 6.07) is 7.59. The van der Waals surface area contributed by atoms with E-state index in [-0.39, 0.29) is 27.9 Å². The zero-order valence-corrected chi connectivity index (χ0v) is 17.1. The second kappa shape index (κ2) is 8.43. The molecular weight excluding hydrogens is 429 g/mol. The second-order valence-corrected chi connectivity index (χ2v) is 7.42. The first-order valence-corrected chi connectivity index (χ1v) is 9.46. The molecule has 10 heteroatoms. The Hall–Kier alpha value is -2.22. The number of halogens is 3. The number of piperazine rings is 1. The molecule has 1 heterocycles. The molecule has 0 spiro atoms. The third-order valence-electron chi connectivity index (χ3n) is 4.48. The summed E-state index contributed by atoms with van der Waals surface area (Å²) < 4.78 is 5.25. The second-order valence-electron chi connectivity index (χ2n) is 6.14. The van der Waals surface area contributed by atoms with Gasteiger partial charge in [0.1, 0.15) is 11.4 Å². The lowest BCUT2D eigenvalue weighted by molar-refractivity contribution is -0.384. The number of rotatable bonds is 4. The number of nitro groups is 1. The van der Waals surface area contributed by atoms with E-state index >= 15 is 0 Å². The molecule has 2 aromatic carbocycles. The van der Waals surface area contributed by atoms with Crippen molar-refractivity contribution >= 4 is 52.1 Å². The van der Waals surface area contributed by atoms with Crippen LogP contribution < -0.4 is 9.64 Å². The Bertz CT molecular complexity index is 931. The Morgan fingerprint density at radius 1 is 1.07 bits per heavy atom. The molecule has 148 valence electrons. The van der Waals surface area contributed by atoms with E-state index in [1.54, 1.807) is 17.0 Å². The Labute approximate surface area is 176 Å². The van der Waals surface area contributed by atoms with Crippen LogP contribution in [0.15, 0.2) is 30.3 Å². The number of benzene rings is 2. The smallest absolute Gasteiger partial charge is 0.294 e. The van der Waals surface area contributed by atoms with Crippen LogP contribution in [0.25, 0.3) is 0 Å². The SMILES string of the molecule is COc1c(Cl)cc(Cl)cc1C(=O)N1CCN(c2ccc(Cl)cc2[N+](=O)[O-])CC1. The van der Waals surface area contributed by atoms with Crippen molar-refractivity contribution in [1.29, 1.82) is 0 Å². The van der Waals surface area contributed by atoms with Crippen LogP contribution in [0.2, 0.25) is 15.1 Å². The Balaban J connectivity index is 1.78. The molecule has 0 atom stereocenters. The van der Waals surface area contributed by atoms with Gasteiger partial charge in [-0.3, -0.25) is 14.9 Å². The van der Waals surface area contributed by atoms with Gasteiger partial charge in [0.2, 0.25) is 0 Å². The topological polar surface area (TPSA) is 75.9 Å². The van der Waals surface area contributed by atoms with Crippen molar-refractivity contribution in [3.8, 4) is 5.75 Å². The molecular formula is C18H16Cl3N3O4. The van der Waals surface area contributed by atoms with E-state index in [1.165, 1.54) is 25.3 Å². The fourth-order valence-corrected chi connectivity index (χ4v) is 3.89. The molecule has 2 aromatic rings. The van der Waals surface area contributed by atoms with Gasteiger partial charge in [0, 0.05) is 42.3 Å². The maximum Gasteiger partial charge on any atom is 0.294 e. The van der Waals surface area contributed by atoms with Gasteiger partial charge < -0.3 is 14.5 Å². The van der Waals surface area contributed by atoms with Crippen molar-refractivity contribution in [2.75, 3.05) is 38.2 Å². The number of methoxy groups -OCH3 is 1. The molecule has 1 aliphatic heterocycles. The maximum absolute atomic E-state index is 12.9. The standard InChI is InChI=1S/C18H16Cl3N3O4/c1-28-17-13(8-12(20)9-14(17)21)18(25)23-6-4-22(5-7-23)15-3-2-11(19)10-16(15)24(26)27/h2-3,8-10H,4-7H2,1H3. The molecule has 1 aliphatic rings. The molecule has 3 rings (SSSR count). The number of nitro benzene ring substituents is 1. The van der Waals surface area contributed by atoms with Gasteiger partial charge in [-0.1, -0.05) is 34.8 Å². The average molecular weight is 445 g/mol. The molecule has 7 nitrogen and oxygen atoms in total. The molecule has 1 amide bonds. The van der Waals surface area contributed by atoms with Gasteiger partial charge in [0.25, 0.3) is 11.6 Å². The van der Waals surface area contributed by atoms with Crippen molar-refractivity contribution in [2.45, 2.75) is 0 Å². The summed E-state index contributed by atoms with van der Waals surface area (Å²) in [5.41, 5.74) is 0.700. The lowest BCUT2D eigenvalue weighted by atomic mass is 10.1. The summed E-state index contributed by atoms with van der Waals surface area (Å²) in [7, 11) is 1.43. The Morgan fingerprint density at radius 2 is 1.75 bits per heavy atom. The number of ether oxygens (including phenoxy) is 1. The quantitative estimate of drug-likeness (QED) is 0.512. The summed E-state index contributed by atoms with van der Waals surface area (Å²) >= 11 is 18.0. The van der Waals surface area contributed by atoms with E-state index < -0.39 is 4.92 Å². The fraction of sp³-hybridized carbons (Fsp3) is 0.278. The molecule has 0 aliphatic carbocycles. The summed E-state index contributed by atoms with van der Waals surface area (Å²) in [5.74, 6) is 0.0124. The van der Waals surface area contributed by atoms with E-state index in [2.05, 4.69) is 0 Å². The van der Waals surface area contributed by atoms with Gasteiger partial charge in [0.15, 0.2) is 0 Å². The predicted octanol–water partition coefficient (Wildman–Crippen LogP) is 4.53. The van der Waals surface area contributed by atoms with E-state index in [4.69, 9.17) is 39.5 Å². The molecule has 1 fully saturated rings. The number of carbonyl (C=O) groups is 1. The van der Waals surface area contributed by atoms with Crippen molar-refractivity contribution in [2.24, 2.45) is 0 Å². The van der Waals surface area contributed by atoms with E-state index in [0.29, 0.717) is 41.9 Å². The summed E-state index contributed by atoms with van der Waals surface area (Å²) in [6.45, 7) is 1.63. The highest BCUT2D eigenvalue weighted by atomic mass is 35.5. The van der Waals surface area contributed by atoms with Crippen molar-refractivity contribution in [1.82, 2.24) is 4.90 Å². The number of anilines is 1. The highest BCUT2D eigenvalue weighted by molar-refractivity contribution is 6.36. The minimum Gasteiger partial charge on any atom is -0.494 e. The summed E-state index contributed by atoms with van der Waals surface area (Å²) in [6.07, 6.45) is 0. The van der Waals surface area contributed by atoms with Crippen LogP contribution in [0, 0.1) is 10.1 Å². The first-order valence-electron chi connectivity index (χ1n) is 8.33. The van der Waals surface area contributed by atoms with Crippen LogP contribution in [-0.4, -0.2) is 49.0 Å². The summed E-state index contributed by atoms with van der Waals surface area (Å²) in [4.78, 5) is 27.3. The van der Waals surface area contributed by atoms with E-state index in [9.17, 15) is 14.9 Å². The van der Waals surface area contributed by atoms with Crippen LogP contribution in [-0.2, 0) is 0 Å². The monoisotopic (exact) mass is 443 g/mol. The van der Waals surface area contributed by atoms with Gasteiger partial charge in [0.05, 0.1) is 22.6 Å². The highest BCUT2D eigenvalue weighted by Gasteiger charge is 2.28. The zero-order chi connectivity index (χ0) is 20.4. The Morgan fingerprint density at radius 3 is 2.36 bits per heavy atom. The number of amides is 1. The molecule has 0 saturated carbocycles.